The SMILES string of the molecule is CCC(Oc1ccccc1C)C(=O)NCC(C)(O)c1ccc(C)o1. The molecule has 5 nitrogen and oxygen atoms in total. The fourth-order valence-corrected chi connectivity index (χ4v) is 2.35. The number of ether oxygens (including phenoxy) is 1. The minimum atomic E-state index is -1.27. The standard InChI is InChI=1S/C19H25NO4/c1-5-15(24-16-9-7-6-8-13(16)2)18(21)20-12-19(4,22)17-11-10-14(3)23-17/h6-11,15,22H,5,12H2,1-4H3,(H,20,21). The molecule has 130 valence electrons. The lowest BCUT2D eigenvalue weighted by molar-refractivity contribution is -0.129. The van der Waals surface area contributed by atoms with Crippen molar-refractivity contribution in [3.8, 4) is 5.75 Å². The van der Waals surface area contributed by atoms with Gasteiger partial charge in [0.2, 0.25) is 0 Å². The van der Waals surface area contributed by atoms with Gasteiger partial charge in [0.25, 0.3) is 5.91 Å². The van der Waals surface area contributed by atoms with Gasteiger partial charge < -0.3 is 19.6 Å². The van der Waals surface area contributed by atoms with Crippen molar-refractivity contribution >= 4 is 5.91 Å². The van der Waals surface area contributed by atoms with Gasteiger partial charge in [0.1, 0.15) is 22.9 Å². The van der Waals surface area contributed by atoms with Crippen LogP contribution in [-0.2, 0) is 10.4 Å². The third kappa shape index (κ3) is 4.38. The van der Waals surface area contributed by atoms with Crippen LogP contribution < -0.4 is 10.1 Å². The third-order valence-corrected chi connectivity index (χ3v) is 3.90. The van der Waals surface area contributed by atoms with E-state index in [0.29, 0.717) is 23.7 Å². The normalized spacial score (nSPS) is 14.7. The molecule has 0 saturated carbocycles. The summed E-state index contributed by atoms with van der Waals surface area (Å²) in [6, 6.07) is 11.1. The Kier molecular flexibility index (Phi) is 5.67. The molecular weight excluding hydrogens is 306 g/mol. The second kappa shape index (κ2) is 7.53. The molecule has 24 heavy (non-hydrogen) atoms. The van der Waals surface area contributed by atoms with E-state index in [-0.39, 0.29) is 12.5 Å². The number of hydrogen-bond donors (Lipinski definition) is 2. The maximum Gasteiger partial charge on any atom is 0.261 e. The van der Waals surface area contributed by atoms with Crippen LogP contribution >= 0.6 is 0 Å². The second-order valence-corrected chi connectivity index (χ2v) is 6.18. The Bertz CT molecular complexity index is 690. The van der Waals surface area contributed by atoms with Gasteiger partial charge in [-0.3, -0.25) is 4.79 Å². The van der Waals surface area contributed by atoms with Crippen molar-refractivity contribution in [2.24, 2.45) is 0 Å². The Morgan fingerprint density at radius 2 is 2.00 bits per heavy atom. The van der Waals surface area contributed by atoms with E-state index in [1.807, 2.05) is 38.1 Å². The molecule has 0 fully saturated rings. The Morgan fingerprint density at radius 1 is 1.29 bits per heavy atom. The maximum absolute atomic E-state index is 12.4. The van der Waals surface area contributed by atoms with Crippen molar-refractivity contribution in [2.45, 2.75) is 45.8 Å². The van der Waals surface area contributed by atoms with E-state index < -0.39 is 11.7 Å². The zero-order valence-electron chi connectivity index (χ0n) is 14.6. The molecule has 0 aliphatic heterocycles. The van der Waals surface area contributed by atoms with Crippen LogP contribution in [0.2, 0.25) is 0 Å². The van der Waals surface area contributed by atoms with E-state index in [0.717, 1.165) is 5.56 Å². The van der Waals surface area contributed by atoms with Crippen molar-refractivity contribution in [3.63, 3.8) is 0 Å². The molecule has 0 aliphatic rings. The van der Waals surface area contributed by atoms with Gasteiger partial charge in [-0.25, -0.2) is 0 Å². The summed E-state index contributed by atoms with van der Waals surface area (Å²) < 4.78 is 11.3. The molecule has 2 rings (SSSR count). The number of aryl methyl sites for hydroxylation is 2. The number of rotatable bonds is 7. The molecule has 1 heterocycles. The minimum absolute atomic E-state index is 0.0480. The molecular formula is C19H25NO4. The van der Waals surface area contributed by atoms with Crippen LogP contribution in [0.4, 0.5) is 0 Å². The van der Waals surface area contributed by atoms with Gasteiger partial charge in [-0.05, 0) is 51.0 Å². The minimum Gasteiger partial charge on any atom is -0.480 e. The first kappa shape index (κ1) is 18.1. The quantitative estimate of drug-likeness (QED) is 0.818. The monoisotopic (exact) mass is 331 g/mol. The maximum atomic E-state index is 12.4. The van der Waals surface area contributed by atoms with Crippen LogP contribution in [0.3, 0.4) is 0 Å². The fourth-order valence-electron chi connectivity index (χ4n) is 2.35. The molecule has 1 amide bonds. The van der Waals surface area contributed by atoms with Crippen molar-refractivity contribution < 1.29 is 19.1 Å². The number of aliphatic hydroxyl groups is 1. The molecule has 1 aromatic heterocycles. The Labute approximate surface area is 142 Å². The van der Waals surface area contributed by atoms with Crippen LogP contribution in [0.15, 0.2) is 40.8 Å². The largest absolute Gasteiger partial charge is 0.480 e. The summed E-state index contributed by atoms with van der Waals surface area (Å²) >= 11 is 0. The van der Waals surface area contributed by atoms with Crippen molar-refractivity contribution in [1.29, 1.82) is 0 Å². The molecule has 2 unspecified atom stereocenters. The lowest BCUT2D eigenvalue weighted by Crippen LogP contribution is -2.44. The predicted molar refractivity (Wildman–Crippen MR) is 91.9 cm³/mol. The molecule has 2 atom stereocenters. The number of nitrogens with one attached hydrogen (secondary N) is 1. The van der Waals surface area contributed by atoms with Crippen LogP contribution in [0, 0.1) is 13.8 Å². The number of para-hydroxylation sites is 1. The highest BCUT2D eigenvalue weighted by Gasteiger charge is 2.29. The van der Waals surface area contributed by atoms with Gasteiger partial charge in [0.05, 0.1) is 6.54 Å². The molecule has 0 bridgehead atoms. The Morgan fingerprint density at radius 3 is 2.58 bits per heavy atom. The number of furan rings is 1. The summed E-state index contributed by atoms with van der Waals surface area (Å²) in [5.74, 6) is 1.57. The van der Waals surface area contributed by atoms with Gasteiger partial charge in [-0.2, -0.15) is 0 Å². The summed E-state index contributed by atoms with van der Waals surface area (Å²) in [5.41, 5.74) is -0.299. The number of benzene rings is 1. The molecule has 2 N–H and O–H groups in total. The summed E-state index contributed by atoms with van der Waals surface area (Å²) in [6.45, 7) is 7.28. The summed E-state index contributed by atoms with van der Waals surface area (Å²) in [6.07, 6.45) is -0.0810. The first-order valence-electron chi connectivity index (χ1n) is 8.12. The number of carbonyl (C=O) groups is 1. The molecule has 0 saturated heterocycles. The highest BCUT2D eigenvalue weighted by atomic mass is 16.5. The molecule has 1 aromatic carbocycles. The third-order valence-electron chi connectivity index (χ3n) is 3.90. The van der Waals surface area contributed by atoms with Crippen LogP contribution in [0.5, 0.6) is 5.75 Å². The lowest BCUT2D eigenvalue weighted by Gasteiger charge is -2.24. The molecule has 0 spiro atoms. The molecule has 0 aliphatic carbocycles. The first-order chi connectivity index (χ1) is 11.3. The van der Waals surface area contributed by atoms with Crippen LogP contribution in [0.25, 0.3) is 0 Å². The first-order valence-corrected chi connectivity index (χ1v) is 8.12. The zero-order valence-corrected chi connectivity index (χ0v) is 14.6. The van der Waals surface area contributed by atoms with E-state index >= 15 is 0 Å². The fraction of sp³-hybridized carbons (Fsp3) is 0.421. The number of amides is 1. The van der Waals surface area contributed by atoms with Crippen molar-refractivity contribution in [1.82, 2.24) is 5.32 Å². The van der Waals surface area contributed by atoms with Gasteiger partial charge in [-0.1, -0.05) is 25.1 Å². The smallest absolute Gasteiger partial charge is 0.261 e. The van der Waals surface area contributed by atoms with E-state index in [1.165, 1.54) is 0 Å². The highest BCUT2D eigenvalue weighted by molar-refractivity contribution is 5.81. The van der Waals surface area contributed by atoms with E-state index in [2.05, 4.69) is 5.32 Å². The molecule has 2 aromatic rings. The zero-order chi connectivity index (χ0) is 17.7. The topological polar surface area (TPSA) is 71.7 Å². The molecule has 5 heteroatoms. The van der Waals surface area contributed by atoms with E-state index in [4.69, 9.17) is 9.15 Å². The van der Waals surface area contributed by atoms with Crippen molar-refractivity contribution in [2.75, 3.05) is 6.54 Å². The van der Waals surface area contributed by atoms with Crippen molar-refractivity contribution in [3.05, 3.63) is 53.5 Å². The number of hydrogen-bond acceptors (Lipinski definition) is 4. The predicted octanol–water partition coefficient (Wildman–Crippen LogP) is 3.08. The van der Waals surface area contributed by atoms with Gasteiger partial charge in [0.15, 0.2) is 6.10 Å². The van der Waals surface area contributed by atoms with E-state index in [9.17, 15) is 9.90 Å². The van der Waals surface area contributed by atoms with Crippen LogP contribution in [-0.4, -0.2) is 23.7 Å². The van der Waals surface area contributed by atoms with Gasteiger partial charge >= 0.3 is 0 Å². The highest BCUT2D eigenvalue weighted by Crippen LogP contribution is 2.22. The average molecular weight is 331 g/mol. The summed E-state index contributed by atoms with van der Waals surface area (Å²) in [7, 11) is 0. The second-order valence-electron chi connectivity index (χ2n) is 6.18. The van der Waals surface area contributed by atoms with Gasteiger partial charge in [0, 0.05) is 0 Å². The van der Waals surface area contributed by atoms with Crippen LogP contribution in [0.1, 0.15) is 37.4 Å². The average Bonchev–Trinajstić information content (AvgIpc) is 2.99. The summed E-state index contributed by atoms with van der Waals surface area (Å²) in [4.78, 5) is 12.4. The molecule has 0 radical (unpaired) electrons. The number of carbonyl (C=O) groups excluding carboxylic acids is 1. The Balaban J connectivity index is 1.98. The van der Waals surface area contributed by atoms with Gasteiger partial charge in [-0.15, -0.1) is 0 Å². The van der Waals surface area contributed by atoms with E-state index in [1.54, 1.807) is 26.0 Å². The lowest BCUT2D eigenvalue weighted by atomic mass is 10.0. The summed E-state index contributed by atoms with van der Waals surface area (Å²) in [5, 5.41) is 13.2. The Hall–Kier alpha value is -2.27.